The average molecular weight is 349 g/mol. The molecule has 1 aromatic rings. The topological polar surface area (TPSA) is 70.6 Å². The molecule has 0 aliphatic rings. The normalized spacial score (nSPS) is 13.5. The van der Waals surface area contributed by atoms with Crippen LogP contribution in [0.2, 0.25) is 10.0 Å². The van der Waals surface area contributed by atoms with Gasteiger partial charge in [-0.25, -0.2) is 4.79 Å². The van der Waals surface area contributed by atoms with Crippen molar-refractivity contribution in [3.05, 3.63) is 33.8 Å². The number of halogens is 2. The maximum absolute atomic E-state index is 11.7. The lowest BCUT2D eigenvalue weighted by atomic mass is 10.0. The van der Waals surface area contributed by atoms with Gasteiger partial charge in [-0.3, -0.25) is 0 Å². The van der Waals surface area contributed by atoms with Crippen LogP contribution in [-0.4, -0.2) is 44.0 Å². The summed E-state index contributed by atoms with van der Waals surface area (Å²) >= 11 is 12.3. The van der Waals surface area contributed by atoms with Crippen LogP contribution in [0.4, 0.5) is 4.79 Å². The summed E-state index contributed by atoms with van der Waals surface area (Å²) in [5.74, 6) is -0.00830. The Morgan fingerprint density at radius 3 is 2.55 bits per heavy atom. The van der Waals surface area contributed by atoms with Gasteiger partial charge in [-0.1, -0.05) is 36.2 Å². The number of nitrogens with one attached hydrogen (secondary N) is 2. The van der Waals surface area contributed by atoms with E-state index in [1.54, 1.807) is 18.2 Å². The number of carbonyl (C=O) groups is 1. The third-order valence-electron chi connectivity index (χ3n) is 3.18. The molecule has 7 heteroatoms. The fourth-order valence-corrected chi connectivity index (χ4v) is 2.79. The maximum atomic E-state index is 11.7. The molecule has 22 heavy (non-hydrogen) atoms. The molecule has 0 fully saturated rings. The van der Waals surface area contributed by atoms with E-state index >= 15 is 0 Å². The molecule has 1 aromatic carbocycles. The Kier molecular flexibility index (Phi) is 8.56. The summed E-state index contributed by atoms with van der Waals surface area (Å²) in [4.78, 5) is 11.7. The van der Waals surface area contributed by atoms with Crippen molar-refractivity contribution in [3.63, 3.8) is 0 Å². The van der Waals surface area contributed by atoms with Gasteiger partial charge in [0.2, 0.25) is 0 Å². The Hall–Kier alpha value is -1.01. The van der Waals surface area contributed by atoms with Gasteiger partial charge in [0.05, 0.1) is 12.7 Å². The van der Waals surface area contributed by atoms with E-state index in [2.05, 4.69) is 10.6 Å². The lowest BCUT2D eigenvalue weighted by Gasteiger charge is -2.17. The van der Waals surface area contributed by atoms with Gasteiger partial charge in [0, 0.05) is 36.2 Å². The van der Waals surface area contributed by atoms with Crippen molar-refractivity contribution in [1.29, 1.82) is 0 Å². The number of hydrogen-bond acceptors (Lipinski definition) is 3. The molecule has 0 heterocycles. The molecule has 0 spiro atoms. The molecule has 2 amide bonds. The minimum atomic E-state index is -0.578. The lowest BCUT2D eigenvalue weighted by Crippen LogP contribution is -2.39. The summed E-state index contributed by atoms with van der Waals surface area (Å²) < 4.78 is 4.81. The first-order chi connectivity index (χ1) is 10.5. The van der Waals surface area contributed by atoms with Gasteiger partial charge in [0.1, 0.15) is 0 Å². The summed E-state index contributed by atoms with van der Waals surface area (Å²) in [7, 11) is 1.52. The monoisotopic (exact) mass is 348 g/mol. The second-order valence-electron chi connectivity index (χ2n) is 5.07. The van der Waals surface area contributed by atoms with E-state index < -0.39 is 6.10 Å². The zero-order valence-corrected chi connectivity index (χ0v) is 14.2. The van der Waals surface area contributed by atoms with Crippen LogP contribution in [0.1, 0.15) is 24.8 Å². The fraction of sp³-hybridized carbons (Fsp3) is 0.533. The molecular weight excluding hydrogens is 327 g/mol. The predicted octanol–water partition coefficient (Wildman–Crippen LogP) is 2.79. The highest BCUT2D eigenvalue weighted by Gasteiger charge is 2.14. The van der Waals surface area contributed by atoms with Crippen molar-refractivity contribution in [1.82, 2.24) is 10.6 Å². The van der Waals surface area contributed by atoms with Crippen LogP contribution in [0.25, 0.3) is 0 Å². The van der Waals surface area contributed by atoms with Crippen molar-refractivity contribution in [2.75, 3.05) is 26.8 Å². The molecule has 0 aliphatic carbocycles. The molecule has 0 aliphatic heterocycles. The van der Waals surface area contributed by atoms with Gasteiger partial charge in [-0.2, -0.15) is 0 Å². The third kappa shape index (κ3) is 6.40. The van der Waals surface area contributed by atoms with E-state index in [1.807, 2.05) is 6.92 Å². The minimum Gasteiger partial charge on any atom is -0.391 e. The maximum Gasteiger partial charge on any atom is 0.314 e. The first-order valence-corrected chi connectivity index (χ1v) is 7.84. The van der Waals surface area contributed by atoms with Crippen LogP contribution < -0.4 is 10.6 Å². The lowest BCUT2D eigenvalue weighted by molar-refractivity contribution is 0.0598. The number of amides is 2. The molecule has 0 radical (unpaired) electrons. The third-order valence-corrected chi connectivity index (χ3v) is 3.84. The number of ether oxygens (including phenoxy) is 1. The van der Waals surface area contributed by atoms with Gasteiger partial charge in [-0.15, -0.1) is 0 Å². The van der Waals surface area contributed by atoms with E-state index in [0.717, 1.165) is 5.56 Å². The van der Waals surface area contributed by atoms with Crippen molar-refractivity contribution >= 4 is 29.2 Å². The van der Waals surface area contributed by atoms with Gasteiger partial charge in [-0.05, 0) is 24.1 Å². The number of aliphatic hydroxyl groups excluding tert-OH is 1. The number of methoxy groups -OCH3 is 1. The average Bonchev–Trinajstić information content (AvgIpc) is 2.45. The minimum absolute atomic E-state index is 0.00830. The van der Waals surface area contributed by atoms with Gasteiger partial charge >= 0.3 is 6.03 Å². The molecule has 1 rings (SSSR count). The highest BCUT2D eigenvalue weighted by Crippen LogP contribution is 2.30. The van der Waals surface area contributed by atoms with Crippen LogP contribution in [-0.2, 0) is 4.74 Å². The summed E-state index contributed by atoms with van der Waals surface area (Å²) in [6.45, 7) is 2.98. The van der Waals surface area contributed by atoms with Crippen molar-refractivity contribution in [3.8, 4) is 0 Å². The zero-order chi connectivity index (χ0) is 16.5. The van der Waals surface area contributed by atoms with Crippen molar-refractivity contribution in [2.24, 2.45) is 0 Å². The molecule has 0 saturated carbocycles. The Morgan fingerprint density at radius 1 is 1.32 bits per heavy atom. The van der Waals surface area contributed by atoms with Crippen LogP contribution >= 0.6 is 23.2 Å². The van der Waals surface area contributed by atoms with Gasteiger partial charge < -0.3 is 20.5 Å². The van der Waals surface area contributed by atoms with Crippen LogP contribution in [0.5, 0.6) is 0 Å². The van der Waals surface area contributed by atoms with E-state index in [1.165, 1.54) is 7.11 Å². The van der Waals surface area contributed by atoms with Crippen molar-refractivity contribution < 1.29 is 14.6 Å². The number of urea groups is 1. The van der Waals surface area contributed by atoms with Gasteiger partial charge in [0.15, 0.2) is 0 Å². The summed E-state index contributed by atoms with van der Waals surface area (Å²) in [5.41, 5.74) is 0.821. The predicted molar refractivity (Wildman–Crippen MR) is 88.8 cm³/mol. The highest BCUT2D eigenvalue weighted by atomic mass is 35.5. The molecule has 2 unspecified atom stereocenters. The standard InChI is InChI=1S/C15H22Cl2N2O3/c1-10(14-12(16)4-3-5-13(14)17)8-19-15(21)18-7-6-11(20)9-22-2/h3-5,10-11,20H,6-9H2,1-2H3,(H2,18,19,21). The SMILES string of the molecule is COCC(O)CCNC(=O)NCC(C)c1c(Cl)cccc1Cl. The number of hydrogen-bond donors (Lipinski definition) is 3. The Balaban J connectivity index is 2.35. The second kappa shape index (κ2) is 9.90. The largest absolute Gasteiger partial charge is 0.391 e. The molecule has 0 aromatic heterocycles. The number of aliphatic hydroxyl groups is 1. The molecule has 2 atom stereocenters. The van der Waals surface area contributed by atoms with Crippen LogP contribution in [0.3, 0.4) is 0 Å². The van der Waals surface area contributed by atoms with Crippen LogP contribution in [0.15, 0.2) is 18.2 Å². The van der Waals surface area contributed by atoms with E-state index in [-0.39, 0.29) is 18.6 Å². The first kappa shape index (κ1) is 19.0. The quantitative estimate of drug-likeness (QED) is 0.676. The van der Waals surface area contributed by atoms with Gasteiger partial charge in [0.25, 0.3) is 0 Å². The Labute approximate surface area is 140 Å². The smallest absolute Gasteiger partial charge is 0.314 e. The number of rotatable bonds is 8. The van der Waals surface area contributed by atoms with Crippen molar-refractivity contribution in [2.45, 2.75) is 25.4 Å². The molecule has 5 nitrogen and oxygen atoms in total. The number of carbonyl (C=O) groups excluding carboxylic acids is 1. The van der Waals surface area contributed by atoms with E-state index in [9.17, 15) is 9.90 Å². The summed E-state index contributed by atoms with van der Waals surface area (Å²) in [5, 5.41) is 16.1. The molecular formula is C15H22Cl2N2O3. The highest BCUT2D eigenvalue weighted by molar-refractivity contribution is 6.36. The fourth-order valence-electron chi connectivity index (χ4n) is 2.02. The Morgan fingerprint density at radius 2 is 1.95 bits per heavy atom. The Bertz CT molecular complexity index is 466. The summed E-state index contributed by atoms with van der Waals surface area (Å²) in [6.07, 6.45) is -0.140. The van der Waals surface area contributed by atoms with Crippen LogP contribution in [0, 0.1) is 0 Å². The molecule has 0 saturated heterocycles. The number of benzene rings is 1. The summed E-state index contributed by atoms with van der Waals surface area (Å²) in [6, 6.07) is 5.04. The van der Waals surface area contributed by atoms with E-state index in [0.29, 0.717) is 29.6 Å². The molecule has 124 valence electrons. The van der Waals surface area contributed by atoms with E-state index in [4.69, 9.17) is 27.9 Å². The first-order valence-electron chi connectivity index (χ1n) is 7.08. The molecule has 3 N–H and O–H groups in total. The zero-order valence-electron chi connectivity index (χ0n) is 12.7. The molecule has 0 bridgehead atoms. The second-order valence-corrected chi connectivity index (χ2v) is 5.89.